The van der Waals surface area contributed by atoms with Crippen LogP contribution in [0.5, 0.6) is 0 Å². The van der Waals surface area contributed by atoms with E-state index in [1.54, 1.807) is 0 Å². The molecule has 0 spiro atoms. The van der Waals surface area contributed by atoms with Gasteiger partial charge in [-0.3, -0.25) is 4.57 Å². The lowest BCUT2D eigenvalue weighted by atomic mass is 10.5. The molecule has 0 aliphatic carbocycles. The minimum Gasteiger partial charge on any atom is -0.319 e. The molecule has 0 saturated heterocycles. The van der Waals surface area contributed by atoms with E-state index in [2.05, 4.69) is 9.66 Å². The first-order chi connectivity index (χ1) is 5.92. The molecule has 0 aliphatic rings. The number of alkyl halides is 2. The van der Waals surface area contributed by atoms with Gasteiger partial charge in [0.15, 0.2) is 0 Å². The summed E-state index contributed by atoms with van der Waals surface area (Å²) in [5.74, 6) is 0. The van der Waals surface area contributed by atoms with Crippen molar-refractivity contribution in [2.24, 2.45) is 5.14 Å². The summed E-state index contributed by atoms with van der Waals surface area (Å²) in [4.78, 5) is 3.68. The van der Waals surface area contributed by atoms with Crippen LogP contribution in [0.3, 0.4) is 0 Å². The largest absolute Gasteiger partial charge is 0.457 e. The second kappa shape index (κ2) is 3.82. The van der Waals surface area contributed by atoms with Crippen LogP contribution < -0.4 is 5.14 Å². The molecule has 0 aromatic rings. The minimum atomic E-state index is -5.62. The molecule has 10 heteroatoms. The number of rotatable bonds is 4. The van der Waals surface area contributed by atoms with Gasteiger partial charge in [0, 0.05) is 0 Å². The van der Waals surface area contributed by atoms with Gasteiger partial charge in [-0.15, -0.1) is 0 Å². The maximum atomic E-state index is 12.7. The quantitative estimate of drug-likeness (QED) is 0.707. The van der Waals surface area contributed by atoms with Gasteiger partial charge in [0.2, 0.25) is 0 Å². The van der Waals surface area contributed by atoms with E-state index >= 15 is 0 Å². The molecule has 0 rings (SSSR count). The summed E-state index contributed by atoms with van der Waals surface area (Å²) in [5, 5.41) is 4.09. The number of sulfonamides is 1. The lowest BCUT2D eigenvalue weighted by molar-refractivity contribution is 0.104. The van der Waals surface area contributed by atoms with Crippen LogP contribution in [0.15, 0.2) is 0 Å². The third kappa shape index (κ3) is 2.71. The zero-order chi connectivity index (χ0) is 11.8. The van der Waals surface area contributed by atoms with Crippen molar-refractivity contribution in [1.29, 1.82) is 0 Å². The van der Waals surface area contributed by atoms with Crippen molar-refractivity contribution in [1.82, 2.24) is 0 Å². The van der Waals surface area contributed by atoms with Gasteiger partial charge in [-0.1, -0.05) is 0 Å². The summed E-state index contributed by atoms with van der Waals surface area (Å²) in [6.45, 7) is 2.39. The molecule has 86 valence electrons. The molecule has 0 radical (unpaired) electrons. The summed E-state index contributed by atoms with van der Waals surface area (Å²) in [5.41, 5.74) is 0. The zero-order valence-corrected chi connectivity index (χ0v) is 9.06. The molecule has 1 unspecified atom stereocenters. The van der Waals surface area contributed by atoms with E-state index in [-0.39, 0.29) is 0 Å². The second-order valence-corrected chi connectivity index (χ2v) is 6.42. The highest BCUT2D eigenvalue weighted by atomic mass is 32.2. The molecular weight excluding hydrogens is 243 g/mol. The Morgan fingerprint density at radius 1 is 1.50 bits per heavy atom. The van der Waals surface area contributed by atoms with Crippen molar-refractivity contribution in [3.05, 3.63) is 0 Å². The normalized spacial score (nSPS) is 18.2. The van der Waals surface area contributed by atoms with E-state index in [9.17, 15) is 21.8 Å². The third-order valence-electron chi connectivity index (χ3n) is 1.02. The Kier molecular flexibility index (Phi) is 3.80. The van der Waals surface area contributed by atoms with Gasteiger partial charge in [-0.05, 0) is 13.8 Å². The summed E-state index contributed by atoms with van der Waals surface area (Å²) in [6.07, 6.45) is -1.03. The van der Waals surface area contributed by atoms with Crippen molar-refractivity contribution < 1.29 is 31.2 Å². The van der Waals surface area contributed by atoms with Crippen molar-refractivity contribution in [2.75, 3.05) is 0 Å². The molecular formula is C4H10F2NO5PS. The van der Waals surface area contributed by atoms with Crippen LogP contribution in [0.2, 0.25) is 0 Å². The van der Waals surface area contributed by atoms with Crippen LogP contribution in [-0.4, -0.2) is 24.4 Å². The lowest BCUT2D eigenvalue weighted by Crippen LogP contribution is -2.36. The Balaban J connectivity index is 5.20. The van der Waals surface area contributed by atoms with Gasteiger partial charge in [0.05, 0.1) is 6.10 Å². The van der Waals surface area contributed by atoms with Crippen LogP contribution in [0.4, 0.5) is 8.78 Å². The standard InChI is InChI=1S/C4H10F2NO5PS/c1-3(2)12-13(8,9)4(5,6)14(7,10)11/h3H,1-2H3,(H,8,9)(H2,7,10,11). The SMILES string of the molecule is CC(C)OP(=O)(O)C(F)(F)S(N)(=O)=O. The molecule has 1 atom stereocenters. The average Bonchev–Trinajstić information content (AvgIpc) is 1.80. The first kappa shape index (κ1) is 13.9. The molecule has 0 amide bonds. The topological polar surface area (TPSA) is 107 Å². The van der Waals surface area contributed by atoms with Crippen molar-refractivity contribution in [3.8, 4) is 0 Å². The monoisotopic (exact) mass is 253 g/mol. The number of primary sulfonamides is 1. The molecule has 3 N–H and O–H groups in total. The van der Waals surface area contributed by atoms with E-state index in [0.717, 1.165) is 0 Å². The van der Waals surface area contributed by atoms with E-state index in [4.69, 9.17) is 4.89 Å². The number of hydrogen-bond donors (Lipinski definition) is 2. The van der Waals surface area contributed by atoms with Gasteiger partial charge < -0.3 is 9.42 Å². The highest BCUT2D eigenvalue weighted by Gasteiger charge is 2.61. The van der Waals surface area contributed by atoms with Crippen LogP contribution in [0.25, 0.3) is 0 Å². The second-order valence-electron chi connectivity index (χ2n) is 2.71. The Hall–Kier alpha value is -0.0800. The molecule has 0 heterocycles. The van der Waals surface area contributed by atoms with Crippen LogP contribution in [0, 0.1) is 0 Å². The first-order valence-electron chi connectivity index (χ1n) is 3.33. The first-order valence-corrected chi connectivity index (χ1v) is 6.45. The third-order valence-corrected chi connectivity index (χ3v) is 4.53. The molecule has 0 aliphatic heterocycles. The summed E-state index contributed by atoms with van der Waals surface area (Å²) >= 11 is 0. The van der Waals surface area contributed by atoms with Gasteiger partial charge in [0.25, 0.3) is 10.0 Å². The van der Waals surface area contributed by atoms with E-state index in [1.165, 1.54) is 13.8 Å². The predicted octanol–water partition coefficient (Wildman–Crippen LogP) is 0.436. The summed E-state index contributed by atoms with van der Waals surface area (Å²) in [6, 6.07) is 0. The van der Waals surface area contributed by atoms with Crippen molar-refractivity contribution in [3.63, 3.8) is 0 Å². The van der Waals surface area contributed by atoms with Crippen LogP contribution in [-0.2, 0) is 19.1 Å². The van der Waals surface area contributed by atoms with Crippen molar-refractivity contribution in [2.45, 2.75) is 24.9 Å². The molecule has 0 aromatic carbocycles. The van der Waals surface area contributed by atoms with Crippen LogP contribution in [0.1, 0.15) is 13.8 Å². The van der Waals surface area contributed by atoms with Crippen molar-refractivity contribution >= 4 is 17.6 Å². The smallest absolute Gasteiger partial charge is 0.319 e. The Morgan fingerprint density at radius 2 is 1.86 bits per heavy atom. The van der Waals surface area contributed by atoms with Gasteiger partial charge in [-0.2, -0.15) is 8.78 Å². The number of hydrogen-bond acceptors (Lipinski definition) is 4. The van der Waals surface area contributed by atoms with Gasteiger partial charge in [-0.25, -0.2) is 13.6 Å². The maximum absolute atomic E-state index is 12.7. The molecule has 0 aromatic heterocycles. The Morgan fingerprint density at radius 3 is 2.07 bits per heavy atom. The molecule has 6 nitrogen and oxygen atoms in total. The molecule has 0 saturated carbocycles. The highest BCUT2D eigenvalue weighted by Crippen LogP contribution is 2.60. The van der Waals surface area contributed by atoms with E-state index in [0.29, 0.717) is 0 Å². The minimum absolute atomic E-state index is 1.03. The fourth-order valence-electron chi connectivity index (χ4n) is 0.508. The predicted molar refractivity (Wildman–Crippen MR) is 44.1 cm³/mol. The highest BCUT2D eigenvalue weighted by molar-refractivity contribution is 7.97. The van der Waals surface area contributed by atoms with Gasteiger partial charge in [0.1, 0.15) is 0 Å². The summed E-state index contributed by atoms with van der Waals surface area (Å²) in [7, 11) is -11.1. The lowest BCUT2D eigenvalue weighted by Gasteiger charge is -2.21. The van der Waals surface area contributed by atoms with E-state index in [1.807, 2.05) is 0 Å². The zero-order valence-electron chi connectivity index (χ0n) is 7.35. The maximum Gasteiger partial charge on any atom is 0.457 e. The average molecular weight is 253 g/mol. The van der Waals surface area contributed by atoms with Crippen LogP contribution >= 0.6 is 7.60 Å². The number of halogens is 2. The molecule has 0 fully saturated rings. The number of nitrogens with two attached hydrogens (primary N) is 1. The Labute approximate surface area is 79.6 Å². The van der Waals surface area contributed by atoms with Gasteiger partial charge >= 0.3 is 12.6 Å². The molecule has 0 bridgehead atoms. The Bertz CT molecular complexity index is 353. The fourth-order valence-corrected chi connectivity index (χ4v) is 2.62. The summed E-state index contributed by atoms with van der Waals surface area (Å²) < 4.78 is 60.8. The fraction of sp³-hybridized carbons (Fsp3) is 1.00. The van der Waals surface area contributed by atoms with E-state index < -0.39 is 28.7 Å². The molecule has 14 heavy (non-hydrogen) atoms.